The van der Waals surface area contributed by atoms with E-state index >= 15 is 0 Å². The van der Waals surface area contributed by atoms with Crippen molar-refractivity contribution in [1.82, 2.24) is 4.57 Å². The third-order valence-electron chi connectivity index (χ3n) is 5.74. The Kier molecular flexibility index (Phi) is 7.74. The second-order valence-corrected chi connectivity index (χ2v) is 9.74. The van der Waals surface area contributed by atoms with Crippen LogP contribution in [0, 0.1) is 5.92 Å². The van der Waals surface area contributed by atoms with Crippen molar-refractivity contribution in [3.05, 3.63) is 40.2 Å². The zero-order chi connectivity index (χ0) is 26.1. The highest BCUT2D eigenvalue weighted by Crippen LogP contribution is 2.50. The maximum Gasteiger partial charge on any atom is 0.387 e. The van der Waals surface area contributed by atoms with Crippen LogP contribution < -0.4 is 19.8 Å². The summed E-state index contributed by atoms with van der Waals surface area (Å²) in [5.74, 6) is -1.36. The quantitative estimate of drug-likeness (QED) is 0.491. The standard InChI is InChI=1S/C25H32F2N2O6/c1-14(2)22-28-13-16(23(31)32)19(30)11-17(28)15-10-21(35-24(26)27)20(34-9-7-8-33-6)12-18(15)29(22)25(3,4)5/h10-14,22,24H,7-9H2,1-6H3,(H,31,32). The minimum atomic E-state index is -3.09. The van der Waals surface area contributed by atoms with Crippen molar-refractivity contribution in [2.45, 2.75) is 59.4 Å². The van der Waals surface area contributed by atoms with E-state index in [0.717, 1.165) is 0 Å². The second kappa shape index (κ2) is 10.2. The summed E-state index contributed by atoms with van der Waals surface area (Å²) in [6, 6.07) is 4.32. The molecule has 1 aromatic heterocycles. The summed E-state index contributed by atoms with van der Waals surface area (Å²) in [6.45, 7) is 7.58. The minimum absolute atomic E-state index is 0.00617. The van der Waals surface area contributed by atoms with Crippen LogP contribution in [0.3, 0.4) is 0 Å². The number of halogens is 2. The smallest absolute Gasteiger partial charge is 0.387 e. The van der Waals surface area contributed by atoms with Gasteiger partial charge in [0.05, 0.1) is 18.0 Å². The van der Waals surface area contributed by atoms with E-state index < -0.39 is 23.5 Å². The first kappa shape index (κ1) is 26.5. The number of carboxylic acid groups (broad SMARTS) is 1. The topological polar surface area (TPSA) is 90.2 Å². The average Bonchev–Trinajstić information content (AvgIpc) is 2.74. The lowest BCUT2D eigenvalue weighted by atomic mass is 9.92. The number of pyridine rings is 1. The number of ether oxygens (including phenoxy) is 3. The molecule has 1 aliphatic heterocycles. The number of carbonyl (C=O) groups is 1. The molecule has 192 valence electrons. The normalized spacial score (nSPS) is 15.3. The van der Waals surface area contributed by atoms with E-state index in [4.69, 9.17) is 14.2 Å². The molecule has 0 bridgehead atoms. The molecule has 0 aliphatic carbocycles. The zero-order valence-electron chi connectivity index (χ0n) is 20.8. The number of aromatic nitrogens is 1. The Morgan fingerprint density at radius 3 is 2.37 bits per heavy atom. The first-order chi connectivity index (χ1) is 16.4. The number of fused-ring (bicyclic) bond motifs is 3. The Balaban J connectivity index is 2.32. The summed E-state index contributed by atoms with van der Waals surface area (Å²) < 4.78 is 43.9. The van der Waals surface area contributed by atoms with Gasteiger partial charge in [0.15, 0.2) is 16.9 Å². The van der Waals surface area contributed by atoms with Crippen molar-refractivity contribution >= 4 is 11.7 Å². The number of nitrogens with zero attached hydrogens (tertiary/aromatic N) is 2. The van der Waals surface area contributed by atoms with E-state index in [0.29, 0.717) is 30.0 Å². The molecule has 0 saturated heterocycles. The van der Waals surface area contributed by atoms with Crippen LogP contribution in [0.5, 0.6) is 11.5 Å². The lowest BCUT2D eigenvalue weighted by molar-refractivity contribution is -0.0515. The van der Waals surface area contributed by atoms with Crippen LogP contribution in [0.1, 0.15) is 57.6 Å². The van der Waals surface area contributed by atoms with Gasteiger partial charge in [-0.1, -0.05) is 13.8 Å². The van der Waals surface area contributed by atoms with E-state index in [1.54, 1.807) is 17.7 Å². The maximum absolute atomic E-state index is 13.3. The van der Waals surface area contributed by atoms with Crippen LogP contribution in [0.25, 0.3) is 11.3 Å². The van der Waals surface area contributed by atoms with Gasteiger partial charge in [-0.3, -0.25) is 4.79 Å². The third kappa shape index (κ3) is 5.42. The number of rotatable bonds is 9. The fraction of sp³-hybridized carbons (Fsp3) is 0.520. The Morgan fingerprint density at radius 2 is 1.83 bits per heavy atom. The van der Waals surface area contributed by atoms with Gasteiger partial charge in [-0.15, -0.1) is 0 Å². The summed E-state index contributed by atoms with van der Waals surface area (Å²) in [4.78, 5) is 26.4. The largest absolute Gasteiger partial charge is 0.490 e. The third-order valence-corrected chi connectivity index (χ3v) is 5.74. The summed E-state index contributed by atoms with van der Waals surface area (Å²) >= 11 is 0. The van der Waals surface area contributed by atoms with Gasteiger partial charge < -0.3 is 28.8 Å². The molecule has 0 saturated carbocycles. The van der Waals surface area contributed by atoms with Crippen LogP contribution in [0.4, 0.5) is 14.5 Å². The number of carboxylic acids is 1. The van der Waals surface area contributed by atoms with Gasteiger partial charge in [-0.05, 0) is 32.8 Å². The van der Waals surface area contributed by atoms with Gasteiger partial charge in [0, 0.05) is 49.6 Å². The molecular formula is C25H32F2N2O6. The van der Waals surface area contributed by atoms with E-state index in [1.807, 2.05) is 34.6 Å². The highest BCUT2D eigenvalue weighted by Gasteiger charge is 2.40. The molecule has 0 fully saturated rings. The molecule has 1 N–H and O–H groups in total. The van der Waals surface area contributed by atoms with Crippen LogP contribution in [-0.2, 0) is 4.74 Å². The Bertz CT molecular complexity index is 1140. The van der Waals surface area contributed by atoms with Crippen molar-refractivity contribution in [3.63, 3.8) is 0 Å². The monoisotopic (exact) mass is 494 g/mol. The Hall–Kier alpha value is -3.14. The Morgan fingerprint density at radius 1 is 1.14 bits per heavy atom. The minimum Gasteiger partial charge on any atom is -0.490 e. The highest BCUT2D eigenvalue weighted by atomic mass is 19.3. The predicted molar refractivity (Wildman–Crippen MR) is 128 cm³/mol. The molecule has 0 amide bonds. The van der Waals surface area contributed by atoms with E-state index in [9.17, 15) is 23.5 Å². The van der Waals surface area contributed by atoms with Crippen LogP contribution >= 0.6 is 0 Å². The number of anilines is 1. The van der Waals surface area contributed by atoms with Crippen molar-refractivity contribution in [1.29, 1.82) is 0 Å². The van der Waals surface area contributed by atoms with Gasteiger partial charge in [0.2, 0.25) is 0 Å². The van der Waals surface area contributed by atoms with Crippen LogP contribution in [-0.4, -0.2) is 48.1 Å². The van der Waals surface area contributed by atoms with E-state index in [-0.39, 0.29) is 35.8 Å². The maximum atomic E-state index is 13.3. The van der Waals surface area contributed by atoms with Gasteiger partial charge in [0.1, 0.15) is 11.7 Å². The molecule has 35 heavy (non-hydrogen) atoms. The molecule has 10 heteroatoms. The molecule has 1 unspecified atom stereocenters. The molecule has 2 aromatic rings. The van der Waals surface area contributed by atoms with Gasteiger partial charge >= 0.3 is 12.6 Å². The summed E-state index contributed by atoms with van der Waals surface area (Å²) in [7, 11) is 1.56. The summed E-state index contributed by atoms with van der Waals surface area (Å²) in [6.07, 6.45) is 1.52. The number of hydrogen-bond donors (Lipinski definition) is 1. The lowest BCUT2D eigenvalue weighted by Crippen LogP contribution is -2.50. The lowest BCUT2D eigenvalue weighted by Gasteiger charge is -2.50. The van der Waals surface area contributed by atoms with Crippen LogP contribution in [0.15, 0.2) is 29.2 Å². The number of aromatic carboxylic acids is 1. The molecule has 0 radical (unpaired) electrons. The number of alkyl halides is 2. The highest BCUT2D eigenvalue weighted by molar-refractivity contribution is 5.89. The summed E-state index contributed by atoms with van der Waals surface area (Å²) in [5, 5.41) is 9.56. The molecule has 8 nitrogen and oxygen atoms in total. The van der Waals surface area contributed by atoms with Crippen LogP contribution in [0.2, 0.25) is 0 Å². The molecule has 1 atom stereocenters. The predicted octanol–water partition coefficient (Wildman–Crippen LogP) is 5.00. The summed E-state index contributed by atoms with van der Waals surface area (Å²) in [5.41, 5.74) is 0.0512. The number of methoxy groups -OCH3 is 1. The number of hydrogen-bond acceptors (Lipinski definition) is 6. The fourth-order valence-corrected chi connectivity index (χ4v) is 4.43. The molecule has 3 rings (SSSR count). The molecule has 1 aliphatic rings. The van der Waals surface area contributed by atoms with Gasteiger partial charge in [-0.25, -0.2) is 4.79 Å². The molecule has 0 spiro atoms. The van der Waals surface area contributed by atoms with Crippen molar-refractivity contribution < 1.29 is 32.9 Å². The molecule has 2 heterocycles. The average molecular weight is 495 g/mol. The first-order valence-corrected chi connectivity index (χ1v) is 11.4. The zero-order valence-corrected chi connectivity index (χ0v) is 20.8. The molecular weight excluding hydrogens is 462 g/mol. The Labute approximate surface area is 203 Å². The first-order valence-electron chi connectivity index (χ1n) is 11.4. The van der Waals surface area contributed by atoms with Crippen molar-refractivity contribution in [2.24, 2.45) is 5.92 Å². The van der Waals surface area contributed by atoms with Gasteiger partial charge in [-0.2, -0.15) is 8.78 Å². The molecule has 1 aromatic carbocycles. The second-order valence-electron chi connectivity index (χ2n) is 9.74. The fourth-order valence-electron chi connectivity index (χ4n) is 4.43. The van der Waals surface area contributed by atoms with E-state index in [2.05, 4.69) is 4.90 Å². The van der Waals surface area contributed by atoms with Crippen molar-refractivity contribution in [2.75, 3.05) is 25.2 Å². The SMILES string of the molecule is COCCCOc1cc2c(cc1OC(F)F)-c1cc(=O)c(C(=O)O)cn1C(C(C)C)N2C(C)(C)C. The van der Waals surface area contributed by atoms with Gasteiger partial charge in [0.25, 0.3) is 0 Å². The van der Waals surface area contributed by atoms with E-state index in [1.165, 1.54) is 18.3 Å². The number of benzene rings is 1. The van der Waals surface area contributed by atoms with Crippen molar-refractivity contribution in [3.8, 4) is 22.8 Å².